The molecule has 6 aromatic rings. The van der Waals surface area contributed by atoms with Crippen molar-refractivity contribution in [2.24, 2.45) is 41.4 Å². The number of benzene rings is 5. The SMILES string of the molecule is CC(C)(C)c1ccc(N2c3cc(C45CC6C7CC8CC6C(C4)C(C8)C7C5)cc4c3B(c3cc5c(cc3N4c3ccc4c(c3)C(C)(C)CCC4(C)C)C(C)(C)CCC5(C)C)c3sc4ccccc4c32)cc1. The highest BCUT2D eigenvalue weighted by molar-refractivity contribution is 7.33. The number of anilines is 6. The molecule has 3 heterocycles. The van der Waals surface area contributed by atoms with Crippen LogP contribution in [-0.2, 0) is 32.5 Å². The van der Waals surface area contributed by atoms with E-state index in [9.17, 15) is 0 Å². The average Bonchev–Trinajstić information content (AvgIpc) is 3.72. The molecule has 7 fully saturated rings. The maximum absolute atomic E-state index is 2.86. The molecule has 2 aliphatic heterocycles. The first-order valence-corrected chi connectivity index (χ1v) is 28.8. The van der Waals surface area contributed by atoms with Crippen LogP contribution in [-0.4, -0.2) is 6.71 Å². The van der Waals surface area contributed by atoms with Crippen molar-refractivity contribution in [2.75, 3.05) is 9.80 Å². The summed E-state index contributed by atoms with van der Waals surface area (Å²) in [4.78, 5) is 5.65. The molecule has 17 rings (SSSR count). The summed E-state index contributed by atoms with van der Waals surface area (Å²) in [7, 11) is 0. The van der Waals surface area contributed by atoms with Crippen LogP contribution < -0.4 is 25.5 Å². The molecule has 11 aliphatic rings. The van der Waals surface area contributed by atoms with E-state index in [1.807, 2.05) is 0 Å². The summed E-state index contributed by atoms with van der Waals surface area (Å²) >= 11 is 2.07. The highest BCUT2D eigenvalue weighted by atomic mass is 32.1. The summed E-state index contributed by atoms with van der Waals surface area (Å²) in [6.07, 6.45) is 13.7. The number of fused-ring (bicyclic) bond motifs is 8. The molecule has 0 N–H and O–H groups in total. The van der Waals surface area contributed by atoms with Crippen LogP contribution in [0.15, 0.2) is 91.0 Å². The molecule has 5 aromatic carbocycles. The maximum Gasteiger partial charge on any atom is 0.264 e. The van der Waals surface area contributed by atoms with E-state index >= 15 is 0 Å². The number of thiophene rings is 1. The summed E-state index contributed by atoms with van der Waals surface area (Å²) in [5.41, 5.74) is 21.4. The fourth-order valence-electron chi connectivity index (χ4n) is 18.4. The summed E-state index contributed by atoms with van der Waals surface area (Å²) in [5, 5.41) is 1.39. The van der Waals surface area contributed by atoms with Gasteiger partial charge in [0.2, 0.25) is 0 Å². The molecule has 0 unspecified atom stereocenters. The first-order chi connectivity index (χ1) is 33.2. The number of hydrogen-bond donors (Lipinski definition) is 0. The van der Waals surface area contributed by atoms with Gasteiger partial charge in [0.25, 0.3) is 6.71 Å². The van der Waals surface area contributed by atoms with E-state index in [4.69, 9.17) is 0 Å². The third-order valence-electron chi connectivity index (χ3n) is 22.2. The highest BCUT2D eigenvalue weighted by Gasteiger charge is 2.68. The molecular weight excluding hydrogens is 864 g/mol. The van der Waals surface area contributed by atoms with Crippen LogP contribution in [0.3, 0.4) is 0 Å². The third kappa shape index (κ3) is 5.65. The Morgan fingerprint density at radius 3 is 1.66 bits per heavy atom. The van der Waals surface area contributed by atoms with E-state index < -0.39 is 0 Å². The molecule has 0 amide bonds. The highest BCUT2D eigenvalue weighted by Crippen LogP contribution is 2.75. The lowest BCUT2D eigenvalue weighted by Crippen LogP contribution is -2.66. The lowest BCUT2D eigenvalue weighted by molar-refractivity contribution is -0.212. The Morgan fingerprint density at radius 2 is 1.06 bits per heavy atom. The van der Waals surface area contributed by atoms with E-state index in [1.54, 1.807) is 27.8 Å². The molecular formula is C66H75BN2S. The molecule has 0 atom stereocenters. The van der Waals surface area contributed by atoms with Crippen molar-refractivity contribution in [2.45, 2.75) is 173 Å². The van der Waals surface area contributed by atoms with Gasteiger partial charge in [0.05, 0.1) is 5.69 Å². The van der Waals surface area contributed by atoms with E-state index in [1.165, 1.54) is 130 Å². The summed E-state index contributed by atoms with van der Waals surface area (Å²) < 4.78 is 2.90. The van der Waals surface area contributed by atoms with Crippen molar-refractivity contribution >= 4 is 78.0 Å². The van der Waals surface area contributed by atoms with Gasteiger partial charge in [0, 0.05) is 43.3 Å². The van der Waals surface area contributed by atoms with Crippen molar-refractivity contribution < 1.29 is 0 Å². The zero-order valence-corrected chi connectivity index (χ0v) is 45.0. The molecule has 0 spiro atoms. The summed E-state index contributed by atoms with van der Waals surface area (Å²) in [6, 6.07) is 38.2. The first kappa shape index (κ1) is 43.3. The van der Waals surface area contributed by atoms with E-state index in [0.29, 0.717) is 0 Å². The Hall–Kier alpha value is -4.28. The van der Waals surface area contributed by atoms with E-state index in [2.05, 4.69) is 188 Å². The molecule has 7 saturated carbocycles. The van der Waals surface area contributed by atoms with Crippen molar-refractivity contribution in [3.8, 4) is 0 Å². The van der Waals surface area contributed by atoms with Gasteiger partial charge in [-0.25, -0.2) is 0 Å². The van der Waals surface area contributed by atoms with Crippen LogP contribution >= 0.6 is 11.3 Å². The number of rotatable bonds is 3. The fourth-order valence-corrected chi connectivity index (χ4v) is 19.7. The Balaban J connectivity index is 1.06. The summed E-state index contributed by atoms with van der Waals surface area (Å²) in [6.45, 7) is 27.4. The van der Waals surface area contributed by atoms with Gasteiger partial charge in [0.1, 0.15) is 0 Å². The third-order valence-corrected chi connectivity index (χ3v) is 23.5. The van der Waals surface area contributed by atoms with Crippen molar-refractivity contribution in [3.63, 3.8) is 0 Å². The zero-order chi connectivity index (χ0) is 48.0. The lowest BCUT2D eigenvalue weighted by Gasteiger charge is -2.72. The Morgan fingerprint density at radius 1 is 0.529 bits per heavy atom. The van der Waals surface area contributed by atoms with Crippen LogP contribution in [0.2, 0.25) is 0 Å². The van der Waals surface area contributed by atoms with Crippen LogP contribution in [0, 0.1) is 41.4 Å². The number of hydrogen-bond acceptors (Lipinski definition) is 3. The smallest absolute Gasteiger partial charge is 0.264 e. The van der Waals surface area contributed by atoms with E-state index in [-0.39, 0.29) is 39.2 Å². The largest absolute Gasteiger partial charge is 0.311 e. The predicted molar refractivity (Wildman–Crippen MR) is 299 cm³/mol. The Kier molecular flexibility index (Phi) is 8.45. The maximum atomic E-state index is 2.86. The summed E-state index contributed by atoms with van der Waals surface area (Å²) in [5.74, 6) is 6.72. The average molecular weight is 939 g/mol. The molecule has 70 heavy (non-hydrogen) atoms. The second-order valence-corrected chi connectivity index (χ2v) is 29.9. The minimum Gasteiger partial charge on any atom is -0.311 e. The van der Waals surface area contributed by atoms with Gasteiger partial charge in [-0.05, 0) is 231 Å². The lowest BCUT2D eigenvalue weighted by atomic mass is 9.32. The molecule has 2 nitrogen and oxygen atoms in total. The zero-order valence-electron chi connectivity index (χ0n) is 44.2. The minimum atomic E-state index is 0.0758. The van der Waals surface area contributed by atoms with Crippen molar-refractivity contribution in [1.82, 2.24) is 0 Å². The predicted octanol–water partition coefficient (Wildman–Crippen LogP) is 15.9. The minimum absolute atomic E-state index is 0.0758. The van der Waals surface area contributed by atoms with Crippen LogP contribution in [0.5, 0.6) is 0 Å². The van der Waals surface area contributed by atoms with Crippen LogP contribution in [0.25, 0.3) is 10.1 Å². The quantitative estimate of drug-likeness (QED) is 0.163. The topological polar surface area (TPSA) is 6.48 Å². The van der Waals surface area contributed by atoms with E-state index in [0.717, 1.165) is 41.4 Å². The van der Waals surface area contributed by atoms with Crippen molar-refractivity contribution in [1.29, 1.82) is 0 Å². The molecule has 0 radical (unpaired) electrons. The van der Waals surface area contributed by atoms with Gasteiger partial charge in [-0.15, -0.1) is 11.3 Å². The number of nitrogens with zero attached hydrogens (tertiary/aromatic N) is 2. The second kappa shape index (κ2) is 13.7. The second-order valence-electron chi connectivity index (χ2n) is 28.8. The van der Waals surface area contributed by atoms with Gasteiger partial charge in [0.15, 0.2) is 0 Å². The standard InChI is InChI=1S/C66H75BN2S/c1-61(2,3)38-16-18-40(19-17-38)69-56-30-39(66-34-46-43-26-37-27-44(46)48(36-66)45(28-37)47(43)35-66)29-55-58(56)67(60-59(69)42-14-12-13-15-57(42)70-60)53-32-51-52(65(10,11)25-24-64(51,8)9)33-54(53)68(55)41-20-21-49-50(31-41)63(6,7)23-22-62(49,4)5/h12-21,29-33,37,43-48H,22-28,34-36H2,1-11H3. The molecule has 9 aliphatic carbocycles. The molecule has 358 valence electrons. The molecule has 0 saturated heterocycles. The molecule has 8 bridgehead atoms. The monoisotopic (exact) mass is 939 g/mol. The van der Waals surface area contributed by atoms with Gasteiger partial charge < -0.3 is 9.80 Å². The van der Waals surface area contributed by atoms with Gasteiger partial charge >= 0.3 is 0 Å². The Bertz CT molecular complexity index is 3180. The molecule has 1 aromatic heterocycles. The van der Waals surface area contributed by atoms with Crippen LogP contribution in [0.1, 0.15) is 174 Å². The van der Waals surface area contributed by atoms with Crippen molar-refractivity contribution in [3.05, 3.63) is 124 Å². The normalized spacial score (nSPS) is 31.4. The fraction of sp³-hybridized carbons (Fsp3) is 0.515. The van der Waals surface area contributed by atoms with Crippen LogP contribution in [0.4, 0.5) is 34.1 Å². The Labute approximate surface area is 424 Å². The van der Waals surface area contributed by atoms with Gasteiger partial charge in [-0.1, -0.05) is 119 Å². The molecule has 4 heteroatoms. The van der Waals surface area contributed by atoms with Gasteiger partial charge in [-0.2, -0.15) is 0 Å². The first-order valence-electron chi connectivity index (χ1n) is 28.0. The van der Waals surface area contributed by atoms with Gasteiger partial charge in [-0.3, -0.25) is 0 Å².